The molecule has 0 spiro atoms. The van der Waals surface area contributed by atoms with Gasteiger partial charge in [-0.25, -0.2) is 4.98 Å². The molecule has 1 fully saturated rings. The van der Waals surface area contributed by atoms with Crippen molar-refractivity contribution in [1.29, 1.82) is 0 Å². The number of pyridine rings is 1. The molecule has 0 saturated carbocycles. The predicted molar refractivity (Wildman–Crippen MR) is 96.6 cm³/mol. The topological polar surface area (TPSA) is 37.2 Å². The molecule has 5 nitrogen and oxygen atoms in total. The van der Waals surface area contributed by atoms with Crippen molar-refractivity contribution in [2.75, 3.05) is 26.7 Å². The molecule has 1 saturated heterocycles. The maximum Gasteiger partial charge on any atom is 0.123 e. The van der Waals surface area contributed by atoms with Gasteiger partial charge < -0.3 is 9.47 Å². The minimum absolute atomic E-state index is 0.478. The first-order chi connectivity index (χ1) is 11.6. The van der Waals surface area contributed by atoms with Gasteiger partial charge in [-0.1, -0.05) is 6.07 Å². The minimum Gasteiger partial charge on any atom is -0.331 e. The second-order valence-electron chi connectivity index (χ2n) is 7.29. The van der Waals surface area contributed by atoms with Crippen molar-refractivity contribution >= 4 is 0 Å². The second-order valence-corrected chi connectivity index (χ2v) is 7.29. The second kappa shape index (κ2) is 7.90. The zero-order valence-corrected chi connectivity index (χ0v) is 15.1. The first kappa shape index (κ1) is 17.1. The molecule has 2 aromatic rings. The summed E-state index contributed by atoms with van der Waals surface area (Å²) in [6.45, 7) is 9.86. The summed E-state index contributed by atoms with van der Waals surface area (Å²) in [4.78, 5) is 13.7. The number of hydrogen-bond donors (Lipinski definition) is 0. The lowest BCUT2D eigenvalue weighted by molar-refractivity contribution is 0.250. The number of hydrogen-bond acceptors (Lipinski definition) is 4. The summed E-state index contributed by atoms with van der Waals surface area (Å²) in [5.74, 6) is 1.93. The maximum atomic E-state index is 4.55. The lowest BCUT2D eigenvalue weighted by atomic mass is 10.1. The van der Waals surface area contributed by atoms with Gasteiger partial charge in [0.25, 0.3) is 0 Å². The Hall–Kier alpha value is -1.72. The number of imidazole rings is 1. The van der Waals surface area contributed by atoms with Gasteiger partial charge in [-0.05, 0) is 51.4 Å². The smallest absolute Gasteiger partial charge is 0.123 e. The van der Waals surface area contributed by atoms with Crippen LogP contribution in [0.5, 0.6) is 0 Å². The van der Waals surface area contributed by atoms with Crippen molar-refractivity contribution in [3.05, 3.63) is 48.3 Å². The quantitative estimate of drug-likeness (QED) is 0.784. The van der Waals surface area contributed by atoms with Crippen LogP contribution in [0.15, 0.2) is 36.9 Å². The van der Waals surface area contributed by atoms with E-state index in [1.165, 1.54) is 30.9 Å². The van der Waals surface area contributed by atoms with Crippen LogP contribution >= 0.6 is 0 Å². The Morgan fingerprint density at radius 3 is 2.96 bits per heavy atom. The van der Waals surface area contributed by atoms with E-state index in [4.69, 9.17) is 0 Å². The highest BCUT2D eigenvalue weighted by Gasteiger charge is 2.24. The van der Waals surface area contributed by atoms with Gasteiger partial charge in [-0.15, -0.1) is 0 Å². The molecule has 2 aromatic heterocycles. The van der Waals surface area contributed by atoms with E-state index < -0.39 is 0 Å². The first-order valence-electron chi connectivity index (χ1n) is 8.93. The fourth-order valence-electron chi connectivity index (χ4n) is 3.65. The molecule has 0 unspecified atom stereocenters. The molecular weight excluding hydrogens is 298 g/mol. The highest BCUT2D eigenvalue weighted by atomic mass is 15.2. The van der Waals surface area contributed by atoms with Crippen LogP contribution in [0.25, 0.3) is 0 Å². The van der Waals surface area contributed by atoms with Gasteiger partial charge in [-0.2, -0.15) is 0 Å². The summed E-state index contributed by atoms with van der Waals surface area (Å²) in [6.07, 6.45) is 9.09. The van der Waals surface area contributed by atoms with Crippen LogP contribution in [-0.2, 0) is 13.1 Å². The van der Waals surface area contributed by atoms with Crippen molar-refractivity contribution in [2.24, 2.45) is 5.92 Å². The molecule has 0 N–H and O–H groups in total. The van der Waals surface area contributed by atoms with Gasteiger partial charge in [-0.3, -0.25) is 9.88 Å². The Kier molecular flexibility index (Phi) is 5.63. The average Bonchev–Trinajstić information content (AvgIpc) is 3.18. The van der Waals surface area contributed by atoms with Crippen LogP contribution < -0.4 is 0 Å². The molecule has 0 aromatic carbocycles. The first-order valence-corrected chi connectivity index (χ1v) is 8.93. The van der Waals surface area contributed by atoms with Crippen molar-refractivity contribution in [1.82, 2.24) is 24.3 Å². The van der Waals surface area contributed by atoms with E-state index in [0.29, 0.717) is 6.04 Å². The van der Waals surface area contributed by atoms with E-state index >= 15 is 0 Å². The lowest BCUT2D eigenvalue weighted by Gasteiger charge is -2.22. The van der Waals surface area contributed by atoms with Gasteiger partial charge in [0.2, 0.25) is 0 Å². The standard InChI is InChI=1S/C19H29N5/c1-16(2)24-10-8-21-19(24)15-23-9-6-18(14-23)13-22(3)12-17-5-4-7-20-11-17/h4-5,7-8,10-11,16,18H,6,9,12-15H2,1-3H3/t18-/m1/s1. The van der Waals surface area contributed by atoms with Gasteiger partial charge >= 0.3 is 0 Å². The summed E-state index contributed by atoms with van der Waals surface area (Å²) < 4.78 is 2.28. The summed E-state index contributed by atoms with van der Waals surface area (Å²) >= 11 is 0. The molecule has 1 aliphatic rings. The third kappa shape index (κ3) is 4.42. The average molecular weight is 327 g/mol. The number of nitrogens with zero attached hydrogens (tertiary/aromatic N) is 5. The van der Waals surface area contributed by atoms with E-state index in [-0.39, 0.29) is 0 Å². The molecule has 1 atom stereocenters. The lowest BCUT2D eigenvalue weighted by Crippen LogP contribution is -2.28. The van der Waals surface area contributed by atoms with Gasteiger partial charge in [0.1, 0.15) is 5.82 Å². The van der Waals surface area contributed by atoms with Gasteiger partial charge in [0.15, 0.2) is 0 Å². The molecular formula is C19H29N5. The normalized spacial score (nSPS) is 18.8. The largest absolute Gasteiger partial charge is 0.331 e. The Bertz CT molecular complexity index is 622. The molecule has 1 aliphatic heterocycles. The summed E-state index contributed by atoms with van der Waals surface area (Å²) in [5, 5.41) is 0. The monoisotopic (exact) mass is 327 g/mol. The van der Waals surface area contributed by atoms with Crippen LogP contribution in [0, 0.1) is 5.92 Å². The SMILES string of the molecule is CC(C)n1ccnc1CN1CC[C@H](CN(C)Cc2cccnc2)C1. The van der Waals surface area contributed by atoms with Crippen molar-refractivity contribution < 1.29 is 0 Å². The van der Waals surface area contributed by atoms with Gasteiger partial charge in [0.05, 0.1) is 6.54 Å². The van der Waals surface area contributed by atoms with Crippen molar-refractivity contribution in [3.63, 3.8) is 0 Å². The zero-order valence-electron chi connectivity index (χ0n) is 15.1. The van der Waals surface area contributed by atoms with E-state index in [2.05, 4.69) is 57.5 Å². The third-order valence-electron chi connectivity index (χ3n) is 4.79. The third-order valence-corrected chi connectivity index (χ3v) is 4.79. The van der Waals surface area contributed by atoms with E-state index in [1.807, 2.05) is 24.7 Å². The van der Waals surface area contributed by atoms with Crippen LogP contribution in [0.2, 0.25) is 0 Å². The van der Waals surface area contributed by atoms with E-state index in [0.717, 1.165) is 25.6 Å². The maximum absolute atomic E-state index is 4.55. The van der Waals surface area contributed by atoms with E-state index in [9.17, 15) is 0 Å². The molecule has 24 heavy (non-hydrogen) atoms. The van der Waals surface area contributed by atoms with Crippen LogP contribution in [-0.4, -0.2) is 51.0 Å². The number of rotatable bonds is 7. The zero-order chi connectivity index (χ0) is 16.9. The van der Waals surface area contributed by atoms with Crippen molar-refractivity contribution in [3.8, 4) is 0 Å². The van der Waals surface area contributed by atoms with Gasteiger partial charge in [0, 0.05) is 50.5 Å². The van der Waals surface area contributed by atoms with E-state index in [1.54, 1.807) is 0 Å². The molecule has 5 heteroatoms. The Morgan fingerprint density at radius 2 is 2.21 bits per heavy atom. The molecule has 0 aliphatic carbocycles. The fourth-order valence-corrected chi connectivity index (χ4v) is 3.65. The summed E-state index contributed by atoms with van der Waals surface area (Å²) in [6, 6.07) is 4.64. The molecule has 3 rings (SSSR count). The Morgan fingerprint density at radius 1 is 1.33 bits per heavy atom. The molecule has 0 amide bonds. The Labute approximate surface area is 145 Å². The number of likely N-dealkylation sites (tertiary alicyclic amines) is 1. The van der Waals surface area contributed by atoms with Crippen LogP contribution in [0.1, 0.15) is 37.7 Å². The summed E-state index contributed by atoms with van der Waals surface area (Å²) in [7, 11) is 2.21. The number of aromatic nitrogens is 3. The van der Waals surface area contributed by atoms with Crippen LogP contribution in [0.4, 0.5) is 0 Å². The molecule has 3 heterocycles. The highest BCUT2D eigenvalue weighted by molar-refractivity contribution is 5.08. The minimum atomic E-state index is 0.478. The highest BCUT2D eigenvalue weighted by Crippen LogP contribution is 2.20. The fraction of sp³-hybridized carbons (Fsp3) is 0.579. The molecule has 130 valence electrons. The molecule has 0 bridgehead atoms. The van der Waals surface area contributed by atoms with Crippen LogP contribution in [0.3, 0.4) is 0 Å². The molecule has 0 radical (unpaired) electrons. The predicted octanol–water partition coefficient (Wildman–Crippen LogP) is 2.81. The Balaban J connectivity index is 1.47. The van der Waals surface area contributed by atoms with Crippen molar-refractivity contribution in [2.45, 2.75) is 39.4 Å². The summed E-state index contributed by atoms with van der Waals surface area (Å²) in [5.41, 5.74) is 1.29.